The molecule has 2 aromatic heterocycles. The summed E-state index contributed by atoms with van der Waals surface area (Å²) in [4.78, 5) is 4.26. The fourth-order valence-electron chi connectivity index (χ4n) is 2.28. The highest BCUT2D eigenvalue weighted by atomic mass is 35.5. The first-order chi connectivity index (χ1) is 7.45. The zero-order valence-corrected chi connectivity index (χ0v) is 9.76. The Balaban J connectivity index is 0.000000963. The molecule has 16 heavy (non-hydrogen) atoms. The Labute approximate surface area is 100 Å². The molecular weight excluding hydrogens is 224 g/mol. The van der Waals surface area contributed by atoms with E-state index >= 15 is 0 Å². The quantitative estimate of drug-likeness (QED) is 0.797. The number of fused-ring (bicyclic) bond motifs is 1. The Kier molecular flexibility index (Phi) is 3.41. The molecule has 0 atom stereocenters. The van der Waals surface area contributed by atoms with Gasteiger partial charge in [0.2, 0.25) is 0 Å². The van der Waals surface area contributed by atoms with Crippen LogP contribution in [0.1, 0.15) is 24.5 Å². The maximum atomic E-state index is 4.40. The van der Waals surface area contributed by atoms with Crippen molar-refractivity contribution in [2.75, 3.05) is 13.1 Å². The lowest BCUT2D eigenvalue weighted by molar-refractivity contribution is 0.454. The summed E-state index contributed by atoms with van der Waals surface area (Å²) in [6.07, 6.45) is 4.15. The Morgan fingerprint density at radius 2 is 2.06 bits per heavy atom. The van der Waals surface area contributed by atoms with Crippen molar-refractivity contribution in [3.63, 3.8) is 0 Å². The molecule has 86 valence electrons. The van der Waals surface area contributed by atoms with Crippen LogP contribution in [-0.2, 0) is 0 Å². The number of pyridine rings is 1. The van der Waals surface area contributed by atoms with Gasteiger partial charge in [-0.05, 0) is 38.1 Å². The van der Waals surface area contributed by atoms with Crippen LogP contribution in [0.5, 0.6) is 0 Å². The topological polar surface area (TPSA) is 53.6 Å². The smallest absolute Gasteiger partial charge is 0.155 e. The van der Waals surface area contributed by atoms with Crippen molar-refractivity contribution in [3.05, 3.63) is 24.0 Å². The van der Waals surface area contributed by atoms with Gasteiger partial charge in [0.1, 0.15) is 0 Å². The van der Waals surface area contributed by atoms with Crippen LogP contribution in [0, 0.1) is 0 Å². The number of H-pyrrole nitrogens is 1. The maximum Gasteiger partial charge on any atom is 0.155 e. The molecule has 5 heteroatoms. The summed E-state index contributed by atoms with van der Waals surface area (Å²) in [5.74, 6) is 0.587. The van der Waals surface area contributed by atoms with Gasteiger partial charge in [0, 0.05) is 17.5 Å². The normalized spacial score (nSPS) is 17.2. The second-order valence-electron chi connectivity index (χ2n) is 4.03. The predicted molar refractivity (Wildman–Crippen MR) is 66.0 cm³/mol. The molecule has 1 saturated heterocycles. The average Bonchev–Trinajstić information content (AvgIpc) is 2.74. The van der Waals surface area contributed by atoms with E-state index in [-0.39, 0.29) is 12.4 Å². The Morgan fingerprint density at radius 1 is 1.25 bits per heavy atom. The number of nitrogens with one attached hydrogen (secondary N) is 2. The zero-order valence-electron chi connectivity index (χ0n) is 8.94. The van der Waals surface area contributed by atoms with Crippen LogP contribution < -0.4 is 5.32 Å². The van der Waals surface area contributed by atoms with Crippen molar-refractivity contribution in [2.24, 2.45) is 0 Å². The molecule has 0 amide bonds. The summed E-state index contributed by atoms with van der Waals surface area (Å²) < 4.78 is 0. The van der Waals surface area contributed by atoms with Gasteiger partial charge < -0.3 is 5.32 Å². The van der Waals surface area contributed by atoms with Gasteiger partial charge in [-0.3, -0.25) is 5.10 Å². The highest BCUT2D eigenvalue weighted by molar-refractivity contribution is 5.85. The van der Waals surface area contributed by atoms with Gasteiger partial charge >= 0.3 is 0 Å². The monoisotopic (exact) mass is 238 g/mol. The molecular formula is C11H15ClN4. The van der Waals surface area contributed by atoms with E-state index in [2.05, 4.69) is 26.6 Å². The van der Waals surface area contributed by atoms with Crippen molar-refractivity contribution >= 4 is 23.4 Å². The van der Waals surface area contributed by atoms with Gasteiger partial charge in [-0.15, -0.1) is 12.4 Å². The Morgan fingerprint density at radius 3 is 2.88 bits per heavy atom. The number of hydrogen-bond acceptors (Lipinski definition) is 3. The van der Waals surface area contributed by atoms with Crippen molar-refractivity contribution in [1.82, 2.24) is 20.5 Å². The molecule has 0 aromatic carbocycles. The van der Waals surface area contributed by atoms with Crippen LogP contribution >= 0.6 is 12.4 Å². The van der Waals surface area contributed by atoms with Crippen molar-refractivity contribution < 1.29 is 0 Å². The number of aromatic amines is 1. The van der Waals surface area contributed by atoms with E-state index in [1.807, 2.05) is 6.07 Å². The first-order valence-electron chi connectivity index (χ1n) is 5.45. The zero-order chi connectivity index (χ0) is 10.1. The molecule has 2 N–H and O–H groups in total. The molecule has 0 aliphatic carbocycles. The summed E-state index contributed by atoms with van der Waals surface area (Å²) >= 11 is 0. The van der Waals surface area contributed by atoms with Gasteiger partial charge in [0.15, 0.2) is 5.65 Å². The van der Waals surface area contributed by atoms with E-state index in [1.165, 1.54) is 23.9 Å². The van der Waals surface area contributed by atoms with Crippen molar-refractivity contribution in [3.8, 4) is 0 Å². The molecule has 0 spiro atoms. The van der Waals surface area contributed by atoms with Crippen LogP contribution in [-0.4, -0.2) is 28.3 Å². The van der Waals surface area contributed by atoms with E-state index in [0.29, 0.717) is 5.92 Å². The molecule has 0 bridgehead atoms. The minimum atomic E-state index is 0. The number of halogens is 1. The molecule has 2 aromatic rings. The first-order valence-corrected chi connectivity index (χ1v) is 5.45. The van der Waals surface area contributed by atoms with Gasteiger partial charge in [0.25, 0.3) is 0 Å². The van der Waals surface area contributed by atoms with Gasteiger partial charge in [-0.2, -0.15) is 5.10 Å². The van der Waals surface area contributed by atoms with Gasteiger partial charge in [0.05, 0.1) is 5.69 Å². The summed E-state index contributed by atoms with van der Waals surface area (Å²) in [6, 6.07) is 4.08. The number of rotatable bonds is 1. The van der Waals surface area contributed by atoms with Crippen LogP contribution in [0.4, 0.5) is 0 Å². The number of nitrogens with zero attached hydrogens (tertiary/aromatic N) is 2. The summed E-state index contributed by atoms with van der Waals surface area (Å²) in [5, 5.41) is 12.0. The van der Waals surface area contributed by atoms with Crippen molar-refractivity contribution in [1.29, 1.82) is 0 Å². The van der Waals surface area contributed by atoms with E-state index < -0.39 is 0 Å². The molecule has 3 rings (SSSR count). The molecule has 3 heterocycles. The standard InChI is InChI=1S/C11H14N4.ClH/c1-2-9-10(8-3-6-12-7-4-8)14-15-11(9)13-5-1;/h1-2,5,8,12H,3-4,6-7H2,(H,13,14,15);1H. The third kappa shape index (κ3) is 1.90. The maximum absolute atomic E-state index is 4.40. The second-order valence-corrected chi connectivity index (χ2v) is 4.03. The molecule has 1 aliphatic heterocycles. The Bertz CT molecular complexity index is 462. The first kappa shape index (κ1) is 11.4. The number of piperidine rings is 1. The van der Waals surface area contributed by atoms with Crippen LogP contribution in [0.3, 0.4) is 0 Å². The molecule has 1 fully saturated rings. The summed E-state index contributed by atoms with van der Waals surface area (Å²) in [6.45, 7) is 2.19. The minimum absolute atomic E-state index is 0. The molecule has 0 saturated carbocycles. The average molecular weight is 239 g/mol. The minimum Gasteiger partial charge on any atom is -0.317 e. The molecule has 0 unspecified atom stereocenters. The second kappa shape index (κ2) is 4.80. The molecule has 4 nitrogen and oxygen atoms in total. The third-order valence-electron chi connectivity index (χ3n) is 3.09. The van der Waals surface area contributed by atoms with Crippen LogP contribution in [0.25, 0.3) is 11.0 Å². The Hall–Kier alpha value is -1.13. The van der Waals surface area contributed by atoms with Gasteiger partial charge in [-0.1, -0.05) is 0 Å². The summed E-state index contributed by atoms with van der Waals surface area (Å²) in [5.41, 5.74) is 2.10. The van der Waals surface area contributed by atoms with Crippen LogP contribution in [0.15, 0.2) is 18.3 Å². The van der Waals surface area contributed by atoms with E-state index in [0.717, 1.165) is 18.7 Å². The van der Waals surface area contributed by atoms with E-state index in [4.69, 9.17) is 0 Å². The van der Waals surface area contributed by atoms with E-state index in [9.17, 15) is 0 Å². The number of aromatic nitrogens is 3. The lowest BCUT2D eigenvalue weighted by atomic mass is 9.93. The van der Waals surface area contributed by atoms with Crippen LogP contribution in [0.2, 0.25) is 0 Å². The largest absolute Gasteiger partial charge is 0.317 e. The SMILES string of the molecule is Cl.c1cnc2[nH]nc(C3CCNCC3)c2c1. The molecule has 1 aliphatic rings. The molecule has 0 radical (unpaired) electrons. The van der Waals surface area contributed by atoms with E-state index in [1.54, 1.807) is 6.20 Å². The highest BCUT2D eigenvalue weighted by Gasteiger charge is 2.19. The van der Waals surface area contributed by atoms with Crippen molar-refractivity contribution in [2.45, 2.75) is 18.8 Å². The fourth-order valence-corrected chi connectivity index (χ4v) is 2.28. The summed E-state index contributed by atoms with van der Waals surface area (Å²) in [7, 11) is 0. The lowest BCUT2D eigenvalue weighted by Gasteiger charge is -2.20. The predicted octanol–water partition coefficient (Wildman–Crippen LogP) is 1.85. The fraction of sp³-hybridized carbons (Fsp3) is 0.455. The van der Waals surface area contributed by atoms with Gasteiger partial charge in [-0.25, -0.2) is 4.98 Å². The number of hydrogen-bond donors (Lipinski definition) is 2. The lowest BCUT2D eigenvalue weighted by Crippen LogP contribution is -2.26. The highest BCUT2D eigenvalue weighted by Crippen LogP contribution is 2.28. The third-order valence-corrected chi connectivity index (χ3v) is 3.09.